The minimum atomic E-state index is -0.700. The standard InChI is InChI=1S/C26H23NO6/c1-16(32-20-10-8-19(30-2)9-11-20)26(29)27-18-6-4-17(5-7-18)25-15-23(28)22-14-21(31-3)12-13-24(22)33-25/h4-16H,1-3H3,(H,27,29). The molecule has 0 radical (unpaired) electrons. The van der Waals surface area contributed by atoms with Gasteiger partial charge in [-0.15, -0.1) is 0 Å². The van der Waals surface area contributed by atoms with Crippen LogP contribution in [0.2, 0.25) is 0 Å². The molecule has 1 aromatic heterocycles. The first-order valence-electron chi connectivity index (χ1n) is 10.3. The number of hydrogen-bond donors (Lipinski definition) is 1. The van der Waals surface area contributed by atoms with Crippen LogP contribution in [0, 0.1) is 0 Å². The van der Waals surface area contributed by atoms with Gasteiger partial charge in [-0.05, 0) is 73.7 Å². The van der Waals surface area contributed by atoms with Crippen molar-refractivity contribution < 1.29 is 23.4 Å². The van der Waals surface area contributed by atoms with Gasteiger partial charge >= 0.3 is 0 Å². The third-order valence-corrected chi connectivity index (χ3v) is 5.11. The van der Waals surface area contributed by atoms with E-state index in [1.54, 1.807) is 87.9 Å². The number of amides is 1. The minimum Gasteiger partial charge on any atom is -0.497 e. The van der Waals surface area contributed by atoms with E-state index >= 15 is 0 Å². The van der Waals surface area contributed by atoms with Crippen molar-refractivity contribution in [2.24, 2.45) is 0 Å². The highest BCUT2D eigenvalue weighted by Gasteiger charge is 2.15. The highest BCUT2D eigenvalue weighted by Crippen LogP contribution is 2.26. The van der Waals surface area contributed by atoms with Gasteiger partial charge in [-0.25, -0.2) is 0 Å². The van der Waals surface area contributed by atoms with Crippen LogP contribution in [0.15, 0.2) is 82.0 Å². The first-order chi connectivity index (χ1) is 16.0. The second-order valence-corrected chi connectivity index (χ2v) is 7.34. The van der Waals surface area contributed by atoms with Crippen molar-refractivity contribution in [2.75, 3.05) is 19.5 Å². The molecule has 7 heteroatoms. The van der Waals surface area contributed by atoms with E-state index in [2.05, 4.69) is 5.32 Å². The summed E-state index contributed by atoms with van der Waals surface area (Å²) in [5.74, 6) is 2.02. The normalized spacial score (nSPS) is 11.6. The summed E-state index contributed by atoms with van der Waals surface area (Å²) in [5, 5.41) is 3.27. The van der Waals surface area contributed by atoms with E-state index in [1.807, 2.05) is 0 Å². The number of benzene rings is 3. The van der Waals surface area contributed by atoms with Gasteiger partial charge in [-0.2, -0.15) is 0 Å². The molecule has 3 aromatic carbocycles. The van der Waals surface area contributed by atoms with Crippen LogP contribution in [0.1, 0.15) is 6.92 Å². The number of ether oxygens (including phenoxy) is 3. The molecular formula is C26H23NO6. The molecular weight excluding hydrogens is 422 g/mol. The lowest BCUT2D eigenvalue weighted by Crippen LogP contribution is -2.30. The molecule has 4 rings (SSSR count). The summed E-state index contributed by atoms with van der Waals surface area (Å²) in [7, 11) is 3.13. The van der Waals surface area contributed by atoms with Gasteiger partial charge in [0.2, 0.25) is 0 Å². The summed E-state index contributed by atoms with van der Waals surface area (Å²) in [4.78, 5) is 25.0. The Labute approximate surface area is 190 Å². The van der Waals surface area contributed by atoms with E-state index in [4.69, 9.17) is 18.6 Å². The monoisotopic (exact) mass is 445 g/mol. The van der Waals surface area contributed by atoms with Gasteiger partial charge < -0.3 is 23.9 Å². The summed E-state index contributed by atoms with van der Waals surface area (Å²) < 4.78 is 21.9. The molecule has 0 spiro atoms. The lowest BCUT2D eigenvalue weighted by Gasteiger charge is -2.15. The fourth-order valence-corrected chi connectivity index (χ4v) is 3.28. The molecule has 0 aliphatic carbocycles. The first-order valence-corrected chi connectivity index (χ1v) is 10.3. The van der Waals surface area contributed by atoms with Crippen LogP contribution in [0.4, 0.5) is 5.69 Å². The average molecular weight is 445 g/mol. The number of rotatable bonds is 7. The van der Waals surface area contributed by atoms with Gasteiger partial charge in [0.15, 0.2) is 11.5 Å². The Hall–Kier alpha value is -4.26. The number of hydrogen-bond acceptors (Lipinski definition) is 6. The second-order valence-electron chi connectivity index (χ2n) is 7.34. The van der Waals surface area contributed by atoms with Crippen molar-refractivity contribution in [3.63, 3.8) is 0 Å². The van der Waals surface area contributed by atoms with Gasteiger partial charge in [-0.3, -0.25) is 9.59 Å². The summed E-state index contributed by atoms with van der Waals surface area (Å²) in [6, 6.07) is 20.6. The van der Waals surface area contributed by atoms with Crippen LogP contribution in [0.3, 0.4) is 0 Å². The summed E-state index contributed by atoms with van der Waals surface area (Å²) in [5.41, 5.74) is 1.62. The van der Waals surface area contributed by atoms with Crippen LogP contribution < -0.4 is 25.0 Å². The van der Waals surface area contributed by atoms with Crippen molar-refractivity contribution in [1.82, 2.24) is 0 Å². The molecule has 1 atom stereocenters. The van der Waals surface area contributed by atoms with Crippen molar-refractivity contribution >= 4 is 22.6 Å². The smallest absolute Gasteiger partial charge is 0.265 e. The van der Waals surface area contributed by atoms with Crippen LogP contribution in [-0.4, -0.2) is 26.2 Å². The van der Waals surface area contributed by atoms with Crippen molar-refractivity contribution in [1.29, 1.82) is 0 Å². The molecule has 0 aliphatic heterocycles. The molecule has 7 nitrogen and oxygen atoms in total. The quantitative estimate of drug-likeness (QED) is 0.436. The third kappa shape index (κ3) is 4.98. The Morgan fingerprint density at radius 3 is 2.15 bits per heavy atom. The maximum absolute atomic E-state index is 12.5. The average Bonchev–Trinajstić information content (AvgIpc) is 2.84. The zero-order valence-electron chi connectivity index (χ0n) is 18.5. The number of carbonyl (C=O) groups is 1. The summed E-state index contributed by atoms with van der Waals surface area (Å²) in [6.07, 6.45) is -0.700. The Bertz CT molecular complexity index is 1330. The highest BCUT2D eigenvalue weighted by atomic mass is 16.5. The van der Waals surface area contributed by atoms with Crippen molar-refractivity contribution in [3.8, 4) is 28.6 Å². The zero-order chi connectivity index (χ0) is 23.4. The molecule has 0 fully saturated rings. The molecule has 33 heavy (non-hydrogen) atoms. The Balaban J connectivity index is 1.45. The number of carbonyl (C=O) groups excluding carboxylic acids is 1. The number of nitrogens with one attached hydrogen (secondary N) is 1. The molecule has 1 heterocycles. The molecule has 1 unspecified atom stereocenters. The van der Waals surface area contributed by atoms with E-state index in [1.165, 1.54) is 6.07 Å². The topological polar surface area (TPSA) is 87.0 Å². The summed E-state index contributed by atoms with van der Waals surface area (Å²) >= 11 is 0. The lowest BCUT2D eigenvalue weighted by atomic mass is 10.1. The molecule has 0 saturated heterocycles. The zero-order valence-corrected chi connectivity index (χ0v) is 18.5. The predicted molar refractivity (Wildman–Crippen MR) is 126 cm³/mol. The van der Waals surface area contributed by atoms with Gasteiger partial charge in [0.25, 0.3) is 5.91 Å². The molecule has 1 amide bonds. The fourth-order valence-electron chi connectivity index (χ4n) is 3.28. The first kappa shape index (κ1) is 22.0. The number of methoxy groups -OCH3 is 2. The van der Waals surface area contributed by atoms with Crippen LogP contribution in [0.25, 0.3) is 22.3 Å². The highest BCUT2D eigenvalue weighted by molar-refractivity contribution is 5.94. The van der Waals surface area contributed by atoms with Crippen LogP contribution in [0.5, 0.6) is 17.2 Å². The van der Waals surface area contributed by atoms with Crippen molar-refractivity contribution in [2.45, 2.75) is 13.0 Å². The van der Waals surface area contributed by atoms with Gasteiger partial charge in [0, 0.05) is 17.3 Å². The molecule has 0 saturated carbocycles. The molecule has 0 aliphatic rings. The predicted octanol–water partition coefficient (Wildman–Crippen LogP) is 4.88. The van der Waals surface area contributed by atoms with E-state index in [9.17, 15) is 9.59 Å². The Morgan fingerprint density at radius 1 is 0.848 bits per heavy atom. The maximum Gasteiger partial charge on any atom is 0.265 e. The SMILES string of the molecule is COc1ccc(OC(C)C(=O)Nc2ccc(-c3cc(=O)c4cc(OC)ccc4o3)cc2)cc1. The number of fused-ring (bicyclic) bond motifs is 1. The maximum atomic E-state index is 12.5. The fraction of sp³-hybridized carbons (Fsp3) is 0.154. The van der Waals surface area contributed by atoms with Gasteiger partial charge in [0.1, 0.15) is 28.6 Å². The molecule has 168 valence electrons. The van der Waals surface area contributed by atoms with Gasteiger partial charge in [0.05, 0.1) is 19.6 Å². The van der Waals surface area contributed by atoms with E-state index in [0.29, 0.717) is 45.2 Å². The second kappa shape index (κ2) is 9.48. The van der Waals surface area contributed by atoms with E-state index in [-0.39, 0.29) is 11.3 Å². The lowest BCUT2D eigenvalue weighted by molar-refractivity contribution is -0.122. The molecule has 4 aromatic rings. The molecule has 1 N–H and O–H groups in total. The Morgan fingerprint density at radius 2 is 1.48 bits per heavy atom. The number of anilines is 1. The largest absolute Gasteiger partial charge is 0.497 e. The van der Waals surface area contributed by atoms with E-state index in [0.717, 1.165) is 0 Å². The van der Waals surface area contributed by atoms with Crippen LogP contribution >= 0.6 is 0 Å². The summed E-state index contributed by atoms with van der Waals surface area (Å²) in [6.45, 7) is 1.67. The van der Waals surface area contributed by atoms with Crippen molar-refractivity contribution in [3.05, 3.63) is 83.0 Å². The molecule has 0 bridgehead atoms. The Kier molecular flexibility index (Phi) is 6.31. The minimum absolute atomic E-state index is 0.160. The third-order valence-electron chi connectivity index (χ3n) is 5.11. The van der Waals surface area contributed by atoms with E-state index < -0.39 is 6.10 Å². The van der Waals surface area contributed by atoms with Gasteiger partial charge in [-0.1, -0.05) is 0 Å². The van der Waals surface area contributed by atoms with Crippen LogP contribution in [-0.2, 0) is 4.79 Å².